The van der Waals surface area contributed by atoms with Crippen LogP contribution in [0.3, 0.4) is 0 Å². The van der Waals surface area contributed by atoms with Crippen LogP contribution < -0.4 is 5.32 Å². The van der Waals surface area contributed by atoms with Crippen molar-refractivity contribution in [3.63, 3.8) is 0 Å². The molecule has 0 bridgehead atoms. The Kier molecular flexibility index (Phi) is 5.14. The third-order valence-electron chi connectivity index (χ3n) is 4.24. The lowest BCUT2D eigenvalue weighted by Crippen LogP contribution is -2.44. The fraction of sp³-hybridized carbons (Fsp3) is 0.389. The van der Waals surface area contributed by atoms with E-state index in [0.29, 0.717) is 6.61 Å². The smallest absolute Gasteiger partial charge is 0.356 e. The number of aromatic nitrogens is 2. The molecule has 25 heavy (non-hydrogen) atoms. The second-order valence-corrected chi connectivity index (χ2v) is 6.22. The number of nitrogens with one attached hydrogen (secondary N) is 1. The third kappa shape index (κ3) is 4.24. The van der Waals surface area contributed by atoms with Gasteiger partial charge in [0.05, 0.1) is 6.04 Å². The van der Waals surface area contributed by atoms with E-state index in [4.69, 9.17) is 9.84 Å². The van der Waals surface area contributed by atoms with E-state index < -0.39 is 5.97 Å². The van der Waals surface area contributed by atoms with Gasteiger partial charge >= 0.3 is 5.97 Å². The summed E-state index contributed by atoms with van der Waals surface area (Å²) in [5.74, 6) is -1.33. The lowest BCUT2D eigenvalue weighted by Gasteiger charge is -2.32. The number of carboxylic acid groups (broad SMARTS) is 1. The van der Waals surface area contributed by atoms with E-state index in [1.165, 1.54) is 22.5 Å². The van der Waals surface area contributed by atoms with Gasteiger partial charge in [0.25, 0.3) is 0 Å². The van der Waals surface area contributed by atoms with Crippen molar-refractivity contribution < 1.29 is 19.4 Å². The molecule has 0 unspecified atom stereocenters. The van der Waals surface area contributed by atoms with Gasteiger partial charge in [-0.3, -0.25) is 9.48 Å². The van der Waals surface area contributed by atoms with Crippen molar-refractivity contribution in [1.82, 2.24) is 15.1 Å². The van der Waals surface area contributed by atoms with Gasteiger partial charge in [-0.15, -0.1) is 0 Å². The van der Waals surface area contributed by atoms with Gasteiger partial charge in [0, 0.05) is 12.8 Å². The fourth-order valence-electron chi connectivity index (χ4n) is 2.98. The first kappa shape index (κ1) is 17.2. The molecule has 1 saturated heterocycles. The van der Waals surface area contributed by atoms with Gasteiger partial charge in [-0.1, -0.05) is 29.8 Å². The van der Waals surface area contributed by atoms with Crippen LogP contribution in [0.25, 0.3) is 0 Å². The molecule has 1 fully saturated rings. The second-order valence-electron chi connectivity index (χ2n) is 6.22. The molecule has 2 aromatic rings. The minimum atomic E-state index is -1.11. The number of carbonyl (C=O) groups excluding carboxylic acids is 1. The Labute approximate surface area is 145 Å². The summed E-state index contributed by atoms with van der Waals surface area (Å²) >= 11 is 0. The van der Waals surface area contributed by atoms with E-state index in [0.717, 1.165) is 18.4 Å². The van der Waals surface area contributed by atoms with Crippen LogP contribution in [0.4, 0.5) is 0 Å². The van der Waals surface area contributed by atoms with Crippen LogP contribution in [-0.2, 0) is 16.1 Å². The number of ether oxygens (including phenoxy) is 1. The number of hydrogen-bond donors (Lipinski definition) is 2. The molecule has 2 atom stereocenters. The number of amides is 1. The van der Waals surface area contributed by atoms with Crippen LogP contribution in [-0.4, -0.2) is 39.4 Å². The van der Waals surface area contributed by atoms with Crippen molar-refractivity contribution in [2.75, 3.05) is 6.61 Å². The number of hydrogen-bond acceptors (Lipinski definition) is 4. The summed E-state index contributed by atoms with van der Waals surface area (Å²) in [4.78, 5) is 23.2. The molecule has 1 aromatic carbocycles. The molecule has 3 rings (SSSR count). The van der Waals surface area contributed by atoms with E-state index in [9.17, 15) is 9.59 Å². The van der Waals surface area contributed by atoms with Crippen molar-refractivity contribution in [2.24, 2.45) is 0 Å². The first-order chi connectivity index (χ1) is 12.0. The van der Waals surface area contributed by atoms with Crippen LogP contribution in [0, 0.1) is 6.92 Å². The normalized spacial score (nSPS) is 20.2. The molecule has 0 radical (unpaired) electrons. The molecule has 132 valence electrons. The first-order valence-electron chi connectivity index (χ1n) is 8.27. The quantitative estimate of drug-likeness (QED) is 0.865. The number of rotatable bonds is 5. The highest BCUT2D eigenvalue weighted by atomic mass is 16.5. The highest BCUT2D eigenvalue weighted by Crippen LogP contribution is 2.28. The predicted molar refractivity (Wildman–Crippen MR) is 90.2 cm³/mol. The van der Waals surface area contributed by atoms with Crippen molar-refractivity contribution in [1.29, 1.82) is 0 Å². The molecule has 1 amide bonds. The van der Waals surface area contributed by atoms with E-state index in [2.05, 4.69) is 10.4 Å². The standard InChI is InChI=1S/C18H21N3O4/c1-12-4-6-13(7-5-12)17-14(3-2-10-25-17)19-16(22)11-21-9-8-15(20-21)18(23)24/h4-9,14,17H,2-3,10-11H2,1H3,(H,19,22)(H,23,24)/t14-,17+/m1/s1. The summed E-state index contributed by atoms with van der Waals surface area (Å²) in [7, 11) is 0. The maximum absolute atomic E-state index is 12.3. The average Bonchev–Trinajstić information content (AvgIpc) is 3.05. The van der Waals surface area contributed by atoms with Gasteiger partial charge in [0.1, 0.15) is 12.6 Å². The van der Waals surface area contributed by atoms with E-state index in [1.807, 2.05) is 31.2 Å². The topological polar surface area (TPSA) is 93.5 Å². The highest BCUT2D eigenvalue weighted by molar-refractivity contribution is 5.85. The number of carboxylic acids is 1. The number of aromatic carboxylic acids is 1. The Morgan fingerprint density at radius 2 is 2.08 bits per heavy atom. The van der Waals surface area contributed by atoms with Gasteiger partial charge in [-0.2, -0.15) is 5.10 Å². The van der Waals surface area contributed by atoms with Gasteiger partial charge in [0.15, 0.2) is 5.69 Å². The highest BCUT2D eigenvalue weighted by Gasteiger charge is 2.28. The van der Waals surface area contributed by atoms with Gasteiger partial charge in [0.2, 0.25) is 5.91 Å². The zero-order chi connectivity index (χ0) is 17.8. The molecule has 7 heteroatoms. The van der Waals surface area contributed by atoms with Gasteiger partial charge < -0.3 is 15.2 Å². The zero-order valence-electron chi connectivity index (χ0n) is 14.0. The first-order valence-corrected chi connectivity index (χ1v) is 8.27. The fourth-order valence-corrected chi connectivity index (χ4v) is 2.98. The zero-order valence-corrected chi connectivity index (χ0v) is 14.0. The minimum absolute atomic E-state index is 0.0234. The van der Waals surface area contributed by atoms with Crippen molar-refractivity contribution in [2.45, 2.75) is 38.5 Å². The van der Waals surface area contributed by atoms with Crippen molar-refractivity contribution in [3.05, 3.63) is 53.3 Å². The van der Waals surface area contributed by atoms with Crippen molar-refractivity contribution in [3.8, 4) is 0 Å². The second kappa shape index (κ2) is 7.48. The molecule has 7 nitrogen and oxygen atoms in total. The predicted octanol–water partition coefficient (Wildman–Crippen LogP) is 1.93. The maximum atomic E-state index is 12.3. The van der Waals surface area contributed by atoms with Crippen LogP contribution in [0.2, 0.25) is 0 Å². The Morgan fingerprint density at radius 3 is 2.76 bits per heavy atom. The summed E-state index contributed by atoms with van der Waals surface area (Å²) in [5, 5.41) is 15.7. The van der Waals surface area contributed by atoms with E-state index >= 15 is 0 Å². The number of benzene rings is 1. The summed E-state index contributed by atoms with van der Waals surface area (Å²) in [6, 6.07) is 9.37. The lowest BCUT2D eigenvalue weighted by atomic mass is 9.95. The molecule has 2 heterocycles. The average molecular weight is 343 g/mol. The molecule has 0 aliphatic carbocycles. The largest absolute Gasteiger partial charge is 0.476 e. The summed E-state index contributed by atoms with van der Waals surface area (Å²) in [6.45, 7) is 2.68. The monoisotopic (exact) mass is 343 g/mol. The van der Waals surface area contributed by atoms with Gasteiger partial charge in [-0.05, 0) is 31.4 Å². The lowest BCUT2D eigenvalue weighted by molar-refractivity contribution is -0.125. The third-order valence-corrected chi connectivity index (χ3v) is 4.24. The number of carbonyl (C=O) groups is 2. The number of nitrogens with zero attached hydrogens (tertiary/aromatic N) is 2. The van der Waals surface area contributed by atoms with Crippen LogP contribution >= 0.6 is 0 Å². The maximum Gasteiger partial charge on any atom is 0.356 e. The van der Waals surface area contributed by atoms with Gasteiger partial charge in [-0.25, -0.2) is 4.79 Å². The molecule has 0 saturated carbocycles. The molecular formula is C18H21N3O4. The Hall–Kier alpha value is -2.67. The molecule has 0 spiro atoms. The van der Waals surface area contributed by atoms with Crippen LogP contribution in [0.15, 0.2) is 36.5 Å². The van der Waals surface area contributed by atoms with E-state index in [-0.39, 0.29) is 30.3 Å². The summed E-state index contributed by atoms with van der Waals surface area (Å²) in [6.07, 6.45) is 3.03. The molecule has 1 aromatic heterocycles. The summed E-state index contributed by atoms with van der Waals surface area (Å²) < 4.78 is 7.21. The van der Waals surface area contributed by atoms with E-state index in [1.54, 1.807) is 0 Å². The minimum Gasteiger partial charge on any atom is -0.476 e. The van der Waals surface area contributed by atoms with Crippen LogP contribution in [0.5, 0.6) is 0 Å². The molecule has 1 aliphatic rings. The summed E-state index contributed by atoms with van der Waals surface area (Å²) in [5.41, 5.74) is 2.14. The molecule has 1 aliphatic heterocycles. The Balaban J connectivity index is 1.65. The van der Waals surface area contributed by atoms with Crippen molar-refractivity contribution >= 4 is 11.9 Å². The number of aryl methyl sites for hydroxylation is 1. The SMILES string of the molecule is Cc1ccc([C@@H]2OCCC[C@H]2NC(=O)Cn2ccc(C(=O)O)n2)cc1. The van der Waals surface area contributed by atoms with Crippen LogP contribution in [0.1, 0.15) is 40.6 Å². The molecule has 2 N–H and O–H groups in total. The Bertz CT molecular complexity index is 754. The Morgan fingerprint density at radius 1 is 1.32 bits per heavy atom. The molecular weight excluding hydrogens is 322 g/mol.